The van der Waals surface area contributed by atoms with E-state index in [2.05, 4.69) is 11.8 Å². The minimum atomic E-state index is -2.83. The molecule has 2 heterocycles. The third kappa shape index (κ3) is 5.54. The molecule has 0 radical (unpaired) electrons. The summed E-state index contributed by atoms with van der Waals surface area (Å²) in [4.78, 5) is 24.4. The van der Waals surface area contributed by atoms with E-state index >= 15 is 0 Å². The van der Waals surface area contributed by atoms with E-state index in [1.165, 1.54) is 6.07 Å². The topological polar surface area (TPSA) is 39.1 Å². The number of aromatic nitrogens is 1. The Morgan fingerprint density at radius 1 is 1.17 bits per heavy atom. The highest BCUT2D eigenvalue weighted by atomic mass is 35.5. The molecular formula is C21H12Cl2F3NO2S. The van der Waals surface area contributed by atoms with Gasteiger partial charge in [-0.15, -0.1) is 11.3 Å². The first kappa shape index (κ1) is 22.2. The van der Waals surface area contributed by atoms with Crippen molar-refractivity contribution in [2.24, 2.45) is 0 Å². The van der Waals surface area contributed by atoms with Crippen LogP contribution in [0.4, 0.5) is 13.2 Å². The van der Waals surface area contributed by atoms with E-state index in [9.17, 15) is 22.8 Å². The van der Waals surface area contributed by atoms with Crippen LogP contribution >= 0.6 is 34.5 Å². The van der Waals surface area contributed by atoms with Crippen molar-refractivity contribution in [2.75, 3.05) is 0 Å². The van der Waals surface area contributed by atoms with E-state index < -0.39 is 30.1 Å². The molecule has 2 aromatic heterocycles. The summed E-state index contributed by atoms with van der Waals surface area (Å²) in [6.45, 7) is -0.953. The molecule has 3 nitrogen and oxygen atoms in total. The Labute approximate surface area is 183 Å². The quantitative estimate of drug-likeness (QED) is 0.368. The highest BCUT2D eigenvalue weighted by molar-refractivity contribution is 7.18. The van der Waals surface area contributed by atoms with Crippen LogP contribution in [0.25, 0.3) is 0 Å². The number of halogens is 5. The number of thiophene rings is 1. The van der Waals surface area contributed by atoms with Gasteiger partial charge in [0.1, 0.15) is 4.34 Å². The van der Waals surface area contributed by atoms with Crippen molar-refractivity contribution in [3.8, 4) is 11.8 Å². The summed E-state index contributed by atoms with van der Waals surface area (Å²) in [5.41, 5.74) is 0.0614. The summed E-state index contributed by atoms with van der Waals surface area (Å²) in [6.07, 6.45) is -2.05. The van der Waals surface area contributed by atoms with E-state index in [4.69, 9.17) is 23.2 Å². The summed E-state index contributed by atoms with van der Waals surface area (Å²) < 4.78 is 39.8. The lowest BCUT2D eigenvalue weighted by Crippen LogP contribution is -2.26. The number of carbonyl (C=O) groups is 1. The number of Topliss-reactive ketones (excluding diaryl/α,β-unsaturated/α-hetero) is 1. The van der Waals surface area contributed by atoms with Gasteiger partial charge in [0.15, 0.2) is 11.6 Å². The maximum atomic E-state index is 13.8. The number of ketones is 1. The molecule has 30 heavy (non-hydrogen) atoms. The van der Waals surface area contributed by atoms with Crippen molar-refractivity contribution in [1.29, 1.82) is 0 Å². The normalized spacial score (nSPS) is 10.7. The molecule has 0 spiro atoms. The van der Waals surface area contributed by atoms with Gasteiger partial charge in [0.2, 0.25) is 0 Å². The Bertz CT molecular complexity index is 1220. The van der Waals surface area contributed by atoms with E-state index in [-0.39, 0.29) is 16.9 Å². The molecule has 0 amide bonds. The lowest BCUT2D eigenvalue weighted by atomic mass is 10.1. The first-order chi connectivity index (χ1) is 14.2. The van der Waals surface area contributed by atoms with E-state index in [0.29, 0.717) is 25.1 Å². The van der Waals surface area contributed by atoms with Crippen molar-refractivity contribution in [1.82, 2.24) is 4.57 Å². The van der Waals surface area contributed by atoms with Gasteiger partial charge in [-0.2, -0.15) is 0 Å². The third-order valence-corrected chi connectivity index (χ3v) is 5.56. The van der Waals surface area contributed by atoms with Crippen LogP contribution in [0, 0.1) is 17.7 Å². The Morgan fingerprint density at radius 2 is 1.93 bits per heavy atom. The van der Waals surface area contributed by atoms with Crippen LogP contribution in [0.15, 0.2) is 47.4 Å². The lowest BCUT2D eigenvalue weighted by Gasteiger charge is -2.08. The van der Waals surface area contributed by atoms with Gasteiger partial charge in [0.25, 0.3) is 12.0 Å². The largest absolute Gasteiger partial charge is 0.307 e. The second-order valence-corrected chi connectivity index (χ2v) is 8.29. The second kappa shape index (κ2) is 9.52. The van der Waals surface area contributed by atoms with Gasteiger partial charge < -0.3 is 4.57 Å². The smallest absolute Gasteiger partial charge is 0.286 e. The Kier molecular flexibility index (Phi) is 7.03. The molecule has 154 valence electrons. The summed E-state index contributed by atoms with van der Waals surface area (Å²) in [7, 11) is 0. The Morgan fingerprint density at radius 3 is 2.63 bits per heavy atom. The van der Waals surface area contributed by atoms with Crippen molar-refractivity contribution in [3.05, 3.63) is 89.7 Å². The Balaban J connectivity index is 1.81. The maximum absolute atomic E-state index is 13.8. The lowest BCUT2D eigenvalue weighted by molar-refractivity contribution is 0.0996. The van der Waals surface area contributed by atoms with Gasteiger partial charge in [-0.05, 0) is 35.9 Å². The van der Waals surface area contributed by atoms with Crippen molar-refractivity contribution < 1.29 is 18.0 Å². The second-order valence-electron chi connectivity index (χ2n) is 6.20. The number of hydrogen-bond donors (Lipinski definition) is 0. The van der Waals surface area contributed by atoms with Crippen LogP contribution in [0.5, 0.6) is 0 Å². The van der Waals surface area contributed by atoms with E-state index in [1.54, 1.807) is 24.3 Å². The molecule has 3 aromatic rings. The van der Waals surface area contributed by atoms with Crippen LogP contribution in [0.3, 0.4) is 0 Å². The molecule has 0 saturated carbocycles. The highest BCUT2D eigenvalue weighted by Crippen LogP contribution is 2.28. The molecule has 0 aliphatic rings. The number of hydrogen-bond acceptors (Lipinski definition) is 3. The average Bonchev–Trinajstić information content (AvgIpc) is 3.04. The van der Waals surface area contributed by atoms with Crippen molar-refractivity contribution >= 4 is 40.3 Å². The minimum Gasteiger partial charge on any atom is -0.307 e. The zero-order valence-corrected chi connectivity index (χ0v) is 17.4. The van der Waals surface area contributed by atoms with Crippen LogP contribution in [-0.4, -0.2) is 16.8 Å². The molecule has 1 aromatic carbocycles. The van der Waals surface area contributed by atoms with Gasteiger partial charge >= 0.3 is 0 Å². The molecule has 0 aliphatic heterocycles. The molecule has 0 saturated heterocycles. The molecule has 0 bridgehead atoms. The molecule has 0 atom stereocenters. The first-order valence-corrected chi connectivity index (χ1v) is 10.1. The summed E-state index contributed by atoms with van der Waals surface area (Å²) in [5, 5.41) is 0.537. The molecule has 9 heteroatoms. The molecule has 3 rings (SSSR count). The molecule has 0 aliphatic carbocycles. The monoisotopic (exact) mass is 469 g/mol. The van der Waals surface area contributed by atoms with Crippen LogP contribution in [0.1, 0.15) is 26.4 Å². The standard InChI is InChI=1S/C21H12Cl2F3NO2S/c22-15-3-1-2-12(6-15)4-5-14-9-18(30-20(14)23)17(28)8-13-7-16(24)21(29)27(10-13)11-19(25)26/h1-3,6-7,9-10,19H,8,11H2. The number of benzene rings is 1. The fourth-order valence-corrected chi connectivity index (χ4v) is 3.93. The average molecular weight is 470 g/mol. The number of carbonyl (C=O) groups excluding carboxylic acids is 1. The minimum absolute atomic E-state index is 0.105. The molecule has 0 unspecified atom stereocenters. The number of alkyl halides is 2. The SMILES string of the molecule is O=C(Cc1cc(F)c(=O)n(CC(F)F)c1)c1cc(C#Cc2cccc(Cl)c2)c(Cl)s1. The van der Waals surface area contributed by atoms with Crippen molar-refractivity contribution in [2.45, 2.75) is 19.4 Å². The first-order valence-electron chi connectivity index (χ1n) is 8.50. The molecule has 0 N–H and O–H groups in total. The van der Waals surface area contributed by atoms with E-state index in [1.807, 2.05) is 0 Å². The zero-order chi connectivity index (χ0) is 21.8. The summed E-state index contributed by atoms with van der Waals surface area (Å²) >= 11 is 13.1. The number of pyridine rings is 1. The highest BCUT2D eigenvalue weighted by Gasteiger charge is 2.16. The van der Waals surface area contributed by atoms with Gasteiger partial charge in [0.05, 0.1) is 17.0 Å². The maximum Gasteiger partial charge on any atom is 0.286 e. The fourth-order valence-electron chi connectivity index (χ4n) is 2.61. The third-order valence-electron chi connectivity index (χ3n) is 3.93. The van der Waals surface area contributed by atoms with Gasteiger partial charge in [-0.3, -0.25) is 9.59 Å². The number of rotatable bonds is 5. The van der Waals surface area contributed by atoms with E-state index in [0.717, 1.165) is 23.6 Å². The summed E-state index contributed by atoms with van der Waals surface area (Å²) in [6, 6.07) is 9.31. The van der Waals surface area contributed by atoms with Crippen LogP contribution in [-0.2, 0) is 13.0 Å². The zero-order valence-electron chi connectivity index (χ0n) is 15.1. The summed E-state index contributed by atoms with van der Waals surface area (Å²) in [5.74, 6) is 4.17. The molecule has 0 fully saturated rings. The predicted molar refractivity (Wildman–Crippen MR) is 111 cm³/mol. The Hall–Kier alpha value is -2.53. The van der Waals surface area contributed by atoms with Crippen LogP contribution in [0.2, 0.25) is 9.36 Å². The van der Waals surface area contributed by atoms with Crippen molar-refractivity contribution in [3.63, 3.8) is 0 Å². The van der Waals surface area contributed by atoms with Gasteiger partial charge in [-0.1, -0.05) is 41.1 Å². The predicted octanol–water partition coefficient (Wildman–Crippen LogP) is 5.45. The number of nitrogens with zero attached hydrogens (tertiary/aromatic N) is 1. The fraction of sp³-hybridized carbons (Fsp3) is 0.143. The molecular weight excluding hydrogens is 458 g/mol. The van der Waals surface area contributed by atoms with Gasteiger partial charge in [-0.25, -0.2) is 13.2 Å². The van der Waals surface area contributed by atoms with Crippen LogP contribution < -0.4 is 5.56 Å². The van der Waals surface area contributed by atoms with Gasteiger partial charge in [0, 0.05) is 23.2 Å².